The van der Waals surface area contributed by atoms with Gasteiger partial charge in [0, 0.05) is 13.1 Å². The molecule has 1 amide bonds. The molecule has 0 aliphatic rings. The number of benzene rings is 2. The van der Waals surface area contributed by atoms with Crippen molar-refractivity contribution in [2.24, 2.45) is 5.73 Å². The van der Waals surface area contributed by atoms with Crippen LogP contribution in [-0.4, -0.2) is 20.6 Å². The largest absolute Gasteiger partial charge is 0.364 e. The molecule has 0 saturated carbocycles. The van der Waals surface area contributed by atoms with Gasteiger partial charge < -0.3 is 20.9 Å². The topological polar surface area (TPSA) is 85.0 Å². The Hall–Kier alpha value is -3.19. The first-order valence-electron chi connectivity index (χ1n) is 8.57. The Morgan fingerprint density at radius 3 is 2.19 bits per heavy atom. The standard InChI is InChI=1S/C20H21N5OS/c21-19(26)18-17(25(14-24-18)13-16-9-5-2-6-10-16)12-23-20(27)22-11-15-7-3-1-4-8-15/h1-10,14H,11-13H2,(H2,21,26)(H2,22,23,27). The number of nitrogens with zero attached hydrogens (tertiary/aromatic N) is 2. The molecule has 138 valence electrons. The Morgan fingerprint density at radius 2 is 1.56 bits per heavy atom. The van der Waals surface area contributed by atoms with Crippen molar-refractivity contribution in [1.29, 1.82) is 0 Å². The lowest BCUT2D eigenvalue weighted by Gasteiger charge is -2.13. The van der Waals surface area contributed by atoms with Crippen LogP contribution in [-0.2, 0) is 19.6 Å². The van der Waals surface area contributed by atoms with Crippen LogP contribution in [0, 0.1) is 0 Å². The molecule has 0 spiro atoms. The lowest BCUT2D eigenvalue weighted by Crippen LogP contribution is -2.35. The number of hydrogen-bond donors (Lipinski definition) is 3. The number of thiocarbonyl (C=S) groups is 1. The molecule has 3 rings (SSSR count). The number of nitrogens with two attached hydrogens (primary N) is 1. The number of rotatable bonds is 7. The molecule has 0 saturated heterocycles. The third-order valence-corrected chi connectivity index (χ3v) is 4.38. The van der Waals surface area contributed by atoms with Crippen molar-refractivity contribution in [2.45, 2.75) is 19.6 Å². The summed E-state index contributed by atoms with van der Waals surface area (Å²) in [6, 6.07) is 19.9. The zero-order chi connectivity index (χ0) is 19.1. The zero-order valence-corrected chi connectivity index (χ0v) is 15.6. The first-order chi connectivity index (χ1) is 13.1. The number of hydrogen-bond acceptors (Lipinski definition) is 3. The van der Waals surface area contributed by atoms with Crippen LogP contribution in [0.5, 0.6) is 0 Å². The molecule has 7 heteroatoms. The van der Waals surface area contributed by atoms with Gasteiger partial charge in [0.1, 0.15) is 0 Å². The van der Waals surface area contributed by atoms with Gasteiger partial charge in [-0.3, -0.25) is 4.79 Å². The number of carbonyl (C=O) groups excluding carboxylic acids is 1. The van der Waals surface area contributed by atoms with Crippen LogP contribution in [0.1, 0.15) is 27.3 Å². The molecular weight excluding hydrogens is 358 g/mol. The maximum absolute atomic E-state index is 11.7. The number of nitrogens with one attached hydrogen (secondary N) is 2. The molecule has 1 heterocycles. The second-order valence-corrected chi connectivity index (χ2v) is 6.45. The normalized spacial score (nSPS) is 10.4. The summed E-state index contributed by atoms with van der Waals surface area (Å²) in [7, 11) is 0. The summed E-state index contributed by atoms with van der Waals surface area (Å²) in [5.74, 6) is -0.554. The van der Waals surface area contributed by atoms with Crippen LogP contribution < -0.4 is 16.4 Å². The predicted octanol–water partition coefficient (Wildman–Crippen LogP) is 2.19. The molecule has 0 radical (unpaired) electrons. The van der Waals surface area contributed by atoms with Crippen molar-refractivity contribution < 1.29 is 4.79 Å². The Morgan fingerprint density at radius 1 is 0.963 bits per heavy atom. The van der Waals surface area contributed by atoms with Gasteiger partial charge in [0.05, 0.1) is 18.6 Å². The smallest absolute Gasteiger partial charge is 0.269 e. The predicted molar refractivity (Wildman–Crippen MR) is 109 cm³/mol. The molecule has 0 atom stereocenters. The molecule has 0 bridgehead atoms. The summed E-state index contributed by atoms with van der Waals surface area (Å²) in [4.78, 5) is 15.9. The fourth-order valence-corrected chi connectivity index (χ4v) is 2.86. The Kier molecular flexibility index (Phi) is 6.17. The van der Waals surface area contributed by atoms with Crippen LogP contribution in [0.3, 0.4) is 0 Å². The lowest BCUT2D eigenvalue weighted by molar-refractivity contribution is 0.0995. The van der Waals surface area contributed by atoms with Gasteiger partial charge in [0.2, 0.25) is 0 Å². The fraction of sp³-hybridized carbons (Fsp3) is 0.150. The number of amides is 1. The van der Waals surface area contributed by atoms with Gasteiger partial charge >= 0.3 is 0 Å². The molecule has 0 aliphatic carbocycles. The van der Waals surface area contributed by atoms with E-state index in [1.54, 1.807) is 6.33 Å². The molecule has 4 N–H and O–H groups in total. The highest BCUT2D eigenvalue weighted by molar-refractivity contribution is 7.80. The average Bonchev–Trinajstić information content (AvgIpc) is 3.09. The van der Waals surface area contributed by atoms with Crippen LogP contribution in [0.25, 0.3) is 0 Å². The van der Waals surface area contributed by atoms with Crippen molar-refractivity contribution in [3.05, 3.63) is 89.5 Å². The van der Waals surface area contributed by atoms with E-state index < -0.39 is 5.91 Å². The van der Waals surface area contributed by atoms with Gasteiger partial charge in [0.15, 0.2) is 10.8 Å². The number of carbonyl (C=O) groups is 1. The van der Waals surface area contributed by atoms with E-state index in [4.69, 9.17) is 18.0 Å². The Labute approximate surface area is 163 Å². The van der Waals surface area contributed by atoms with Gasteiger partial charge in [-0.25, -0.2) is 4.98 Å². The SMILES string of the molecule is NC(=O)c1ncn(Cc2ccccc2)c1CNC(=S)NCc1ccccc1. The van der Waals surface area contributed by atoms with Gasteiger partial charge in [-0.05, 0) is 23.3 Å². The van der Waals surface area contributed by atoms with Crippen LogP contribution in [0.15, 0.2) is 67.0 Å². The summed E-state index contributed by atoms with van der Waals surface area (Å²) in [6.07, 6.45) is 1.63. The van der Waals surface area contributed by atoms with Crippen molar-refractivity contribution in [1.82, 2.24) is 20.2 Å². The zero-order valence-electron chi connectivity index (χ0n) is 14.8. The Bertz CT molecular complexity index is 909. The molecule has 0 unspecified atom stereocenters. The second kappa shape index (κ2) is 8.95. The highest BCUT2D eigenvalue weighted by atomic mass is 32.1. The van der Waals surface area contributed by atoms with E-state index in [1.165, 1.54) is 0 Å². The van der Waals surface area contributed by atoms with E-state index in [1.807, 2.05) is 65.2 Å². The number of imidazole rings is 1. The summed E-state index contributed by atoms with van der Waals surface area (Å²) in [5.41, 5.74) is 8.67. The minimum Gasteiger partial charge on any atom is -0.364 e. The van der Waals surface area contributed by atoms with Gasteiger partial charge in [0.25, 0.3) is 5.91 Å². The van der Waals surface area contributed by atoms with E-state index in [0.717, 1.165) is 11.1 Å². The van der Waals surface area contributed by atoms with Gasteiger partial charge in [-0.2, -0.15) is 0 Å². The summed E-state index contributed by atoms with van der Waals surface area (Å²) < 4.78 is 1.90. The number of primary amides is 1. The molecule has 27 heavy (non-hydrogen) atoms. The van der Waals surface area contributed by atoms with E-state index in [2.05, 4.69) is 15.6 Å². The maximum Gasteiger partial charge on any atom is 0.269 e. The second-order valence-electron chi connectivity index (χ2n) is 6.04. The number of aromatic nitrogens is 2. The lowest BCUT2D eigenvalue weighted by atomic mass is 10.2. The van der Waals surface area contributed by atoms with Crippen LogP contribution in [0.2, 0.25) is 0 Å². The Balaban J connectivity index is 1.65. The van der Waals surface area contributed by atoms with Crippen molar-refractivity contribution >= 4 is 23.2 Å². The van der Waals surface area contributed by atoms with E-state index >= 15 is 0 Å². The van der Waals surface area contributed by atoms with E-state index in [9.17, 15) is 4.79 Å². The molecule has 6 nitrogen and oxygen atoms in total. The summed E-state index contributed by atoms with van der Waals surface area (Å²) in [5, 5.41) is 6.78. The van der Waals surface area contributed by atoms with Gasteiger partial charge in [-0.1, -0.05) is 60.7 Å². The van der Waals surface area contributed by atoms with E-state index in [0.29, 0.717) is 30.4 Å². The van der Waals surface area contributed by atoms with Crippen molar-refractivity contribution in [3.8, 4) is 0 Å². The first kappa shape index (κ1) is 18.6. The minimum atomic E-state index is -0.554. The fourth-order valence-electron chi connectivity index (χ4n) is 2.72. The summed E-state index contributed by atoms with van der Waals surface area (Å²) >= 11 is 5.34. The minimum absolute atomic E-state index is 0.254. The monoisotopic (exact) mass is 379 g/mol. The first-order valence-corrected chi connectivity index (χ1v) is 8.97. The third-order valence-electron chi connectivity index (χ3n) is 4.09. The molecular formula is C20H21N5OS. The highest BCUT2D eigenvalue weighted by Gasteiger charge is 2.16. The molecule has 3 aromatic rings. The highest BCUT2D eigenvalue weighted by Crippen LogP contribution is 2.11. The average molecular weight is 379 g/mol. The maximum atomic E-state index is 11.7. The van der Waals surface area contributed by atoms with E-state index in [-0.39, 0.29) is 5.69 Å². The molecule has 0 fully saturated rings. The van der Waals surface area contributed by atoms with Gasteiger partial charge in [-0.15, -0.1) is 0 Å². The van der Waals surface area contributed by atoms with Crippen molar-refractivity contribution in [3.63, 3.8) is 0 Å². The molecule has 0 aliphatic heterocycles. The molecule has 2 aromatic carbocycles. The van der Waals surface area contributed by atoms with Crippen LogP contribution in [0.4, 0.5) is 0 Å². The molecule has 1 aromatic heterocycles. The van der Waals surface area contributed by atoms with Crippen LogP contribution >= 0.6 is 12.2 Å². The third kappa shape index (κ3) is 5.15. The summed E-state index contributed by atoms with van der Waals surface area (Å²) in [6.45, 7) is 1.58. The quantitative estimate of drug-likeness (QED) is 0.548. The van der Waals surface area contributed by atoms with Crippen molar-refractivity contribution in [2.75, 3.05) is 0 Å².